The zero-order chi connectivity index (χ0) is 26.4. The molecule has 1 unspecified atom stereocenters. The lowest BCUT2D eigenvalue weighted by Gasteiger charge is -2.16. The maximum atomic E-state index is 11.9. The van der Waals surface area contributed by atoms with E-state index in [1.807, 2.05) is 65.0 Å². The molecule has 2 N–H and O–H groups in total. The standard InChI is InChI=1S/C30H27N5O3/c1-4-26(36)35-15-21-20(22(21)16-35)11-12-23-27(28-29(31)32-17-33-30(28)34(23)2)18-10-13-24(25(14-18)37-3)38-19-8-6-5-7-9-19/h4-10,13-14,17,20-22H,1,15-16H2,2-3H3,(H2,31,32,33)/t20?,21-,22+. The lowest BCUT2D eigenvalue weighted by molar-refractivity contribution is -0.125. The number of anilines is 1. The summed E-state index contributed by atoms with van der Waals surface area (Å²) in [7, 11) is 3.55. The molecule has 2 aromatic heterocycles. The number of para-hydroxylation sites is 1. The number of nitrogen functional groups attached to an aromatic ring is 1. The van der Waals surface area contributed by atoms with Crippen LogP contribution >= 0.6 is 0 Å². The fraction of sp³-hybridized carbons (Fsp3) is 0.233. The SMILES string of the molecule is C=CC(=O)N1C[C@@H]2C(C#Cc3c(-c4ccc(Oc5ccccc5)c(OC)c4)c4c(N)ncnc4n3C)[C@@H]2C1. The molecule has 1 aliphatic carbocycles. The molecule has 3 atom stereocenters. The number of nitrogens with two attached hydrogens (primary N) is 1. The predicted molar refractivity (Wildman–Crippen MR) is 146 cm³/mol. The molecule has 190 valence electrons. The number of aryl methyl sites for hydroxylation is 1. The lowest BCUT2D eigenvalue weighted by atomic mass is 10.0. The summed E-state index contributed by atoms with van der Waals surface area (Å²) in [5.74, 6) is 10.3. The van der Waals surface area contributed by atoms with Gasteiger partial charge in [0.15, 0.2) is 11.5 Å². The molecule has 1 saturated carbocycles. The third-order valence-corrected chi connectivity index (χ3v) is 7.46. The Morgan fingerprint density at radius 1 is 1.13 bits per heavy atom. The van der Waals surface area contributed by atoms with E-state index in [0.29, 0.717) is 34.8 Å². The Kier molecular flexibility index (Phi) is 5.76. The van der Waals surface area contributed by atoms with Gasteiger partial charge in [0.05, 0.1) is 12.5 Å². The van der Waals surface area contributed by atoms with Crippen LogP contribution in [0, 0.1) is 29.6 Å². The van der Waals surface area contributed by atoms with E-state index in [2.05, 4.69) is 28.4 Å². The van der Waals surface area contributed by atoms with E-state index in [4.69, 9.17) is 15.2 Å². The lowest BCUT2D eigenvalue weighted by Crippen LogP contribution is -2.29. The van der Waals surface area contributed by atoms with E-state index in [0.717, 1.165) is 41.0 Å². The van der Waals surface area contributed by atoms with Gasteiger partial charge in [-0.05, 0) is 53.7 Å². The predicted octanol–water partition coefficient (Wildman–Crippen LogP) is 4.26. The van der Waals surface area contributed by atoms with Gasteiger partial charge in [-0.15, -0.1) is 0 Å². The zero-order valence-corrected chi connectivity index (χ0v) is 21.2. The molecule has 1 saturated heterocycles. The number of carbonyl (C=O) groups excluding carboxylic acids is 1. The number of hydrogen-bond donors (Lipinski definition) is 1. The molecule has 2 aliphatic rings. The molecule has 0 bridgehead atoms. The third-order valence-electron chi connectivity index (χ3n) is 7.46. The van der Waals surface area contributed by atoms with Crippen molar-refractivity contribution < 1.29 is 14.3 Å². The molecule has 8 heteroatoms. The molecule has 8 nitrogen and oxygen atoms in total. The molecule has 6 rings (SSSR count). The van der Waals surface area contributed by atoms with Gasteiger partial charge in [0, 0.05) is 31.6 Å². The first-order valence-electron chi connectivity index (χ1n) is 12.4. The number of nitrogens with zero attached hydrogens (tertiary/aromatic N) is 4. The van der Waals surface area contributed by atoms with Gasteiger partial charge >= 0.3 is 0 Å². The molecule has 1 amide bonds. The van der Waals surface area contributed by atoms with Crippen molar-refractivity contribution in [3.05, 3.63) is 73.2 Å². The Morgan fingerprint density at radius 3 is 2.61 bits per heavy atom. The minimum absolute atomic E-state index is 0.0115. The average molecular weight is 506 g/mol. The average Bonchev–Trinajstić information content (AvgIpc) is 3.25. The highest BCUT2D eigenvalue weighted by Crippen LogP contribution is 2.51. The minimum Gasteiger partial charge on any atom is -0.493 e. The summed E-state index contributed by atoms with van der Waals surface area (Å²) in [5.41, 5.74) is 9.60. The van der Waals surface area contributed by atoms with Crippen molar-refractivity contribution in [2.45, 2.75) is 0 Å². The van der Waals surface area contributed by atoms with Crippen LogP contribution in [0.4, 0.5) is 5.82 Å². The van der Waals surface area contributed by atoms with Gasteiger partial charge < -0.3 is 24.7 Å². The number of aromatic nitrogens is 3. The highest BCUT2D eigenvalue weighted by molar-refractivity contribution is 6.03. The number of methoxy groups -OCH3 is 1. The first kappa shape index (κ1) is 23.6. The summed E-state index contributed by atoms with van der Waals surface area (Å²) in [6.07, 6.45) is 2.84. The molecular formula is C30H27N5O3. The van der Waals surface area contributed by atoms with Crippen LogP contribution in [0.15, 0.2) is 67.5 Å². The van der Waals surface area contributed by atoms with Crippen molar-refractivity contribution in [3.63, 3.8) is 0 Å². The molecule has 4 aromatic rings. The van der Waals surface area contributed by atoms with Crippen molar-refractivity contribution >= 4 is 22.8 Å². The van der Waals surface area contributed by atoms with E-state index >= 15 is 0 Å². The number of ether oxygens (including phenoxy) is 2. The smallest absolute Gasteiger partial charge is 0.245 e. The monoisotopic (exact) mass is 505 g/mol. The number of rotatable bonds is 5. The fourth-order valence-electron chi connectivity index (χ4n) is 5.43. The van der Waals surface area contributed by atoms with Gasteiger partial charge in [-0.2, -0.15) is 0 Å². The van der Waals surface area contributed by atoms with Gasteiger partial charge in [-0.3, -0.25) is 4.79 Å². The normalized spacial score (nSPS) is 19.4. The summed E-state index contributed by atoms with van der Waals surface area (Å²) < 4.78 is 13.7. The quantitative estimate of drug-likeness (QED) is 0.322. The Labute approximate surface area is 220 Å². The number of piperidine rings is 1. The maximum Gasteiger partial charge on any atom is 0.245 e. The molecule has 3 heterocycles. The van der Waals surface area contributed by atoms with Crippen molar-refractivity contribution in [3.8, 4) is 40.2 Å². The van der Waals surface area contributed by atoms with E-state index in [1.165, 1.54) is 12.4 Å². The van der Waals surface area contributed by atoms with Gasteiger partial charge in [0.1, 0.15) is 29.2 Å². The van der Waals surface area contributed by atoms with Crippen LogP contribution in [0.1, 0.15) is 5.69 Å². The van der Waals surface area contributed by atoms with Gasteiger partial charge in [-0.1, -0.05) is 36.8 Å². The van der Waals surface area contributed by atoms with E-state index in [9.17, 15) is 4.79 Å². The number of carbonyl (C=O) groups is 1. The van der Waals surface area contributed by atoms with E-state index < -0.39 is 0 Å². The van der Waals surface area contributed by atoms with E-state index in [1.54, 1.807) is 7.11 Å². The van der Waals surface area contributed by atoms with Crippen molar-refractivity contribution in [1.82, 2.24) is 19.4 Å². The Hall–Kier alpha value is -4.77. The molecule has 1 aliphatic heterocycles. The maximum absolute atomic E-state index is 11.9. The van der Waals surface area contributed by atoms with Crippen molar-refractivity contribution in [2.24, 2.45) is 24.8 Å². The fourth-order valence-corrected chi connectivity index (χ4v) is 5.43. The number of likely N-dealkylation sites (tertiary alicyclic amines) is 1. The van der Waals surface area contributed by atoms with Crippen LogP contribution in [0.2, 0.25) is 0 Å². The topological polar surface area (TPSA) is 95.5 Å². The van der Waals surface area contributed by atoms with Crippen LogP contribution in [-0.4, -0.2) is 45.5 Å². The molecule has 2 fully saturated rings. The van der Waals surface area contributed by atoms with Crippen molar-refractivity contribution in [2.75, 3.05) is 25.9 Å². The third kappa shape index (κ3) is 3.93. The summed E-state index contributed by atoms with van der Waals surface area (Å²) >= 11 is 0. The highest BCUT2D eigenvalue weighted by atomic mass is 16.5. The van der Waals surface area contributed by atoms with Crippen LogP contribution < -0.4 is 15.2 Å². The number of fused-ring (bicyclic) bond motifs is 2. The van der Waals surface area contributed by atoms with Gasteiger partial charge in [-0.25, -0.2) is 9.97 Å². The molecule has 38 heavy (non-hydrogen) atoms. The van der Waals surface area contributed by atoms with Gasteiger partial charge in [0.25, 0.3) is 0 Å². The van der Waals surface area contributed by atoms with Crippen molar-refractivity contribution in [1.29, 1.82) is 0 Å². The molecular weight excluding hydrogens is 478 g/mol. The molecule has 0 spiro atoms. The highest BCUT2D eigenvalue weighted by Gasteiger charge is 2.55. The summed E-state index contributed by atoms with van der Waals surface area (Å²) in [4.78, 5) is 22.6. The number of hydrogen-bond acceptors (Lipinski definition) is 6. The summed E-state index contributed by atoms with van der Waals surface area (Å²) in [5, 5.41) is 0.747. The zero-order valence-electron chi connectivity index (χ0n) is 21.2. The minimum atomic E-state index is -0.0115. The van der Waals surface area contributed by atoms with Crippen LogP contribution in [0.25, 0.3) is 22.2 Å². The largest absolute Gasteiger partial charge is 0.493 e. The number of amides is 1. The second-order valence-electron chi connectivity index (χ2n) is 9.59. The van der Waals surface area contributed by atoms with Crippen LogP contribution in [0.5, 0.6) is 17.2 Å². The second-order valence-corrected chi connectivity index (χ2v) is 9.59. The first-order chi connectivity index (χ1) is 18.5. The molecule has 2 aromatic carbocycles. The molecule has 0 radical (unpaired) electrons. The van der Waals surface area contributed by atoms with E-state index in [-0.39, 0.29) is 11.8 Å². The summed E-state index contributed by atoms with van der Waals surface area (Å²) in [6, 6.07) is 15.3. The second kappa shape index (κ2) is 9.27. The van der Waals surface area contributed by atoms with Gasteiger partial charge in [0.2, 0.25) is 5.91 Å². The first-order valence-corrected chi connectivity index (χ1v) is 12.4. The Balaban J connectivity index is 1.39. The Bertz CT molecular complexity index is 1620. The summed E-state index contributed by atoms with van der Waals surface area (Å²) in [6.45, 7) is 5.06. The Morgan fingerprint density at radius 2 is 1.89 bits per heavy atom. The van der Waals surface area contributed by atoms with Crippen LogP contribution in [0.3, 0.4) is 0 Å². The number of benzene rings is 2. The van der Waals surface area contributed by atoms with Crippen LogP contribution in [-0.2, 0) is 11.8 Å².